The van der Waals surface area contributed by atoms with E-state index in [4.69, 9.17) is 10.00 Å². The maximum Gasteiger partial charge on any atom is 0.229 e. The molecule has 1 heterocycles. The molecule has 1 aliphatic heterocycles. The quantitative estimate of drug-likeness (QED) is 0.641. The lowest BCUT2D eigenvalue weighted by Gasteiger charge is -2.25. The minimum Gasteiger partial charge on any atom is -0.460 e. The van der Waals surface area contributed by atoms with Crippen molar-refractivity contribution in [2.75, 3.05) is 4.90 Å². The Morgan fingerprint density at radius 2 is 2.20 bits per heavy atom. The highest BCUT2D eigenvalue weighted by atomic mass is 16.5. The van der Waals surface area contributed by atoms with Crippen molar-refractivity contribution in [1.82, 2.24) is 0 Å². The summed E-state index contributed by atoms with van der Waals surface area (Å²) in [6.07, 6.45) is 1.28. The van der Waals surface area contributed by atoms with Gasteiger partial charge >= 0.3 is 0 Å². The number of rotatable bonds is 0. The minimum absolute atomic E-state index is 0.196. The summed E-state index contributed by atoms with van der Waals surface area (Å²) in [5, 5.41) is 8.84. The highest BCUT2D eigenvalue weighted by Gasteiger charge is 2.24. The Hall–Kier alpha value is -2.28. The Morgan fingerprint density at radius 1 is 1.47 bits per heavy atom. The first-order chi connectivity index (χ1) is 7.24. The molecule has 0 radical (unpaired) electrons. The molecule has 0 fully saturated rings. The fourth-order valence-corrected chi connectivity index (χ4v) is 1.46. The standard InChI is InChI=1S/C11H8N2O2/c1-8(14)13-9(6-12)7-15-11-5-3-2-4-10(11)13/h2-5,7H,1H3. The van der Waals surface area contributed by atoms with Gasteiger partial charge in [-0.15, -0.1) is 0 Å². The molecule has 1 aliphatic rings. The summed E-state index contributed by atoms with van der Waals surface area (Å²) in [6.45, 7) is 1.41. The van der Waals surface area contributed by atoms with Gasteiger partial charge in [0.25, 0.3) is 0 Å². The topological polar surface area (TPSA) is 53.3 Å². The molecule has 0 aromatic heterocycles. The van der Waals surface area contributed by atoms with Crippen LogP contribution in [0.4, 0.5) is 5.69 Å². The lowest BCUT2D eigenvalue weighted by atomic mass is 10.2. The summed E-state index contributed by atoms with van der Waals surface area (Å²) in [7, 11) is 0. The predicted octanol–water partition coefficient (Wildman–Crippen LogP) is 1.80. The Bertz CT molecular complexity index is 486. The van der Waals surface area contributed by atoms with E-state index in [2.05, 4.69) is 0 Å². The van der Waals surface area contributed by atoms with Crippen LogP contribution in [0.2, 0.25) is 0 Å². The number of amides is 1. The number of anilines is 1. The number of nitriles is 1. The molecular formula is C11H8N2O2. The summed E-state index contributed by atoms with van der Waals surface area (Å²) in [5.74, 6) is 0.366. The van der Waals surface area contributed by atoms with Gasteiger partial charge in [-0.25, -0.2) is 0 Å². The molecule has 0 unspecified atom stereocenters. The van der Waals surface area contributed by atoms with Crippen molar-refractivity contribution in [3.63, 3.8) is 0 Å². The van der Waals surface area contributed by atoms with E-state index in [1.54, 1.807) is 18.2 Å². The number of hydrogen-bond donors (Lipinski definition) is 0. The Kier molecular flexibility index (Phi) is 2.14. The van der Waals surface area contributed by atoms with E-state index in [0.717, 1.165) is 0 Å². The Morgan fingerprint density at radius 3 is 2.87 bits per heavy atom. The zero-order valence-corrected chi connectivity index (χ0v) is 8.10. The molecule has 4 heteroatoms. The molecule has 0 saturated carbocycles. The van der Waals surface area contributed by atoms with Crippen LogP contribution in [0.3, 0.4) is 0 Å². The van der Waals surface area contributed by atoms with Crippen molar-refractivity contribution in [3.8, 4) is 11.8 Å². The Labute approximate surface area is 87.0 Å². The summed E-state index contributed by atoms with van der Waals surface area (Å²) >= 11 is 0. The Balaban J connectivity index is 2.55. The molecule has 0 N–H and O–H groups in total. The fraction of sp³-hybridized carbons (Fsp3) is 0.0909. The number of carbonyl (C=O) groups excluding carboxylic acids is 1. The average molecular weight is 200 g/mol. The first-order valence-corrected chi connectivity index (χ1v) is 4.40. The molecule has 0 bridgehead atoms. The maximum atomic E-state index is 11.4. The van der Waals surface area contributed by atoms with Crippen LogP contribution < -0.4 is 9.64 Å². The molecule has 4 nitrogen and oxygen atoms in total. The average Bonchev–Trinajstić information content (AvgIpc) is 2.27. The van der Waals surface area contributed by atoms with Gasteiger partial charge in [-0.05, 0) is 12.1 Å². The number of benzene rings is 1. The third-order valence-electron chi connectivity index (χ3n) is 2.07. The largest absolute Gasteiger partial charge is 0.460 e. The van der Waals surface area contributed by atoms with Gasteiger partial charge in [0.05, 0.1) is 5.69 Å². The van der Waals surface area contributed by atoms with Crippen molar-refractivity contribution in [1.29, 1.82) is 5.26 Å². The van der Waals surface area contributed by atoms with Gasteiger partial charge < -0.3 is 4.74 Å². The van der Waals surface area contributed by atoms with Crippen LogP contribution in [0, 0.1) is 11.3 Å². The molecular weight excluding hydrogens is 192 g/mol. The highest BCUT2D eigenvalue weighted by Crippen LogP contribution is 2.34. The van der Waals surface area contributed by atoms with Crippen molar-refractivity contribution in [2.24, 2.45) is 0 Å². The van der Waals surface area contributed by atoms with Crippen LogP contribution in [0.25, 0.3) is 0 Å². The smallest absolute Gasteiger partial charge is 0.229 e. The van der Waals surface area contributed by atoms with Crippen LogP contribution in [-0.2, 0) is 4.79 Å². The molecule has 0 aliphatic carbocycles. The van der Waals surface area contributed by atoms with Gasteiger partial charge in [0, 0.05) is 6.92 Å². The minimum atomic E-state index is -0.210. The normalized spacial score (nSPS) is 13.3. The van der Waals surface area contributed by atoms with Gasteiger partial charge in [0.1, 0.15) is 12.3 Å². The van der Waals surface area contributed by atoms with Crippen LogP contribution >= 0.6 is 0 Å². The van der Waals surface area contributed by atoms with Crippen molar-refractivity contribution >= 4 is 11.6 Å². The summed E-state index contributed by atoms with van der Waals surface area (Å²) in [6, 6.07) is 9.00. The number of para-hydroxylation sites is 2. The zero-order valence-electron chi connectivity index (χ0n) is 8.10. The summed E-state index contributed by atoms with van der Waals surface area (Å²) < 4.78 is 5.23. The second-order valence-electron chi connectivity index (χ2n) is 3.05. The lowest BCUT2D eigenvalue weighted by molar-refractivity contribution is -0.116. The van der Waals surface area contributed by atoms with E-state index in [1.807, 2.05) is 12.1 Å². The predicted molar refractivity (Wildman–Crippen MR) is 53.9 cm³/mol. The first-order valence-electron chi connectivity index (χ1n) is 4.40. The van der Waals surface area contributed by atoms with Crippen LogP contribution in [0.1, 0.15) is 6.92 Å². The molecule has 1 amide bonds. The first kappa shape index (κ1) is 9.28. The number of fused-ring (bicyclic) bond motifs is 1. The number of ether oxygens (including phenoxy) is 1. The van der Waals surface area contributed by atoms with Gasteiger partial charge in [0.2, 0.25) is 5.91 Å². The van der Waals surface area contributed by atoms with Crippen LogP contribution in [-0.4, -0.2) is 5.91 Å². The van der Waals surface area contributed by atoms with Gasteiger partial charge in [-0.3, -0.25) is 9.69 Å². The molecule has 15 heavy (non-hydrogen) atoms. The fourth-order valence-electron chi connectivity index (χ4n) is 1.46. The van der Waals surface area contributed by atoms with E-state index in [0.29, 0.717) is 11.4 Å². The lowest BCUT2D eigenvalue weighted by Crippen LogP contribution is -2.29. The van der Waals surface area contributed by atoms with E-state index in [1.165, 1.54) is 18.1 Å². The molecule has 1 aromatic carbocycles. The summed E-state index contributed by atoms with van der Waals surface area (Å²) in [4.78, 5) is 12.7. The molecule has 2 rings (SSSR count). The van der Waals surface area contributed by atoms with Crippen LogP contribution in [0.15, 0.2) is 36.2 Å². The summed E-state index contributed by atoms with van der Waals surface area (Å²) in [5.41, 5.74) is 0.797. The SMILES string of the molecule is CC(=O)N1C(C#N)=COc2ccccc21. The van der Waals surface area contributed by atoms with Crippen molar-refractivity contribution in [3.05, 3.63) is 36.2 Å². The van der Waals surface area contributed by atoms with Gasteiger partial charge in [0.15, 0.2) is 11.4 Å². The maximum absolute atomic E-state index is 11.4. The molecule has 0 atom stereocenters. The zero-order chi connectivity index (χ0) is 10.8. The number of carbonyl (C=O) groups is 1. The molecule has 74 valence electrons. The second-order valence-corrected chi connectivity index (χ2v) is 3.05. The van der Waals surface area contributed by atoms with Crippen LogP contribution in [0.5, 0.6) is 5.75 Å². The van der Waals surface area contributed by atoms with Gasteiger partial charge in [-0.1, -0.05) is 12.1 Å². The van der Waals surface area contributed by atoms with E-state index in [9.17, 15) is 4.79 Å². The molecule has 0 spiro atoms. The monoisotopic (exact) mass is 200 g/mol. The van der Waals surface area contributed by atoms with Gasteiger partial charge in [-0.2, -0.15) is 5.26 Å². The van der Waals surface area contributed by atoms with E-state index in [-0.39, 0.29) is 11.6 Å². The van der Waals surface area contributed by atoms with E-state index >= 15 is 0 Å². The number of allylic oxidation sites excluding steroid dienone is 1. The third-order valence-corrected chi connectivity index (χ3v) is 2.07. The number of hydrogen-bond acceptors (Lipinski definition) is 3. The second kappa shape index (κ2) is 3.46. The highest BCUT2D eigenvalue weighted by molar-refractivity contribution is 5.97. The van der Waals surface area contributed by atoms with Crippen molar-refractivity contribution in [2.45, 2.75) is 6.92 Å². The van der Waals surface area contributed by atoms with E-state index < -0.39 is 0 Å². The number of nitrogens with zero attached hydrogens (tertiary/aromatic N) is 2. The third kappa shape index (κ3) is 1.44. The molecule has 1 aromatic rings. The molecule has 0 saturated heterocycles. The van der Waals surface area contributed by atoms with Crippen molar-refractivity contribution < 1.29 is 9.53 Å².